The van der Waals surface area contributed by atoms with Crippen molar-refractivity contribution in [1.29, 1.82) is 0 Å². The molecule has 92 valence electrons. The summed E-state index contributed by atoms with van der Waals surface area (Å²) in [5.74, 6) is 0.140. The first kappa shape index (κ1) is 11.9. The summed E-state index contributed by atoms with van der Waals surface area (Å²) in [7, 11) is 0. The summed E-state index contributed by atoms with van der Waals surface area (Å²) < 4.78 is 5.88. The molecule has 2 fully saturated rings. The van der Waals surface area contributed by atoms with Gasteiger partial charge in [-0.15, -0.1) is 0 Å². The van der Waals surface area contributed by atoms with E-state index in [-0.39, 0.29) is 5.91 Å². The minimum absolute atomic E-state index is 0.140. The fourth-order valence-corrected chi connectivity index (χ4v) is 2.20. The highest BCUT2D eigenvalue weighted by Gasteiger charge is 2.37. The molecule has 0 aromatic heterocycles. The van der Waals surface area contributed by atoms with E-state index in [0.29, 0.717) is 6.10 Å². The second kappa shape index (κ2) is 4.72. The van der Waals surface area contributed by atoms with Crippen molar-refractivity contribution in [2.24, 2.45) is 0 Å². The van der Waals surface area contributed by atoms with Crippen LogP contribution in [0.2, 0.25) is 0 Å². The van der Waals surface area contributed by atoms with Gasteiger partial charge in [0.25, 0.3) is 5.91 Å². The van der Waals surface area contributed by atoms with Crippen LogP contribution in [0.4, 0.5) is 0 Å². The third kappa shape index (κ3) is 2.55. The van der Waals surface area contributed by atoms with Crippen molar-refractivity contribution < 1.29 is 9.53 Å². The molecule has 1 saturated carbocycles. The molecule has 0 atom stereocenters. The molecule has 0 radical (unpaired) electrons. The third-order valence-electron chi connectivity index (χ3n) is 3.43. The average Bonchev–Trinajstić information content (AvgIpc) is 2.24. The first-order chi connectivity index (χ1) is 7.59. The van der Waals surface area contributed by atoms with Crippen molar-refractivity contribution >= 4 is 5.91 Å². The zero-order chi connectivity index (χ0) is 11.6. The van der Waals surface area contributed by atoms with Crippen LogP contribution in [-0.4, -0.2) is 48.7 Å². The fraction of sp³-hybridized carbons (Fsp3) is 0.917. The molecule has 1 aliphatic heterocycles. The molecule has 2 aliphatic rings. The summed E-state index contributed by atoms with van der Waals surface area (Å²) in [6, 6.07) is 0. The zero-order valence-electron chi connectivity index (χ0n) is 10.3. The van der Waals surface area contributed by atoms with Gasteiger partial charge in [0, 0.05) is 26.2 Å². The lowest BCUT2D eigenvalue weighted by molar-refractivity contribution is -0.167. The monoisotopic (exact) mass is 226 g/mol. The molecule has 1 heterocycles. The number of nitrogens with zero attached hydrogens (tertiary/aromatic N) is 1. The van der Waals surface area contributed by atoms with Gasteiger partial charge in [-0.2, -0.15) is 0 Å². The van der Waals surface area contributed by atoms with Crippen LogP contribution in [-0.2, 0) is 9.53 Å². The smallest absolute Gasteiger partial charge is 0.254 e. The number of hydrogen-bond acceptors (Lipinski definition) is 3. The van der Waals surface area contributed by atoms with Gasteiger partial charge in [-0.3, -0.25) is 4.79 Å². The quantitative estimate of drug-likeness (QED) is 0.772. The maximum atomic E-state index is 12.3. The summed E-state index contributed by atoms with van der Waals surface area (Å²) in [5.41, 5.74) is -0.650. The van der Waals surface area contributed by atoms with E-state index in [2.05, 4.69) is 5.32 Å². The van der Waals surface area contributed by atoms with E-state index < -0.39 is 5.60 Å². The van der Waals surface area contributed by atoms with Crippen molar-refractivity contribution in [3.63, 3.8) is 0 Å². The molecule has 4 heteroatoms. The molecule has 1 N–H and O–H groups in total. The first-order valence-corrected chi connectivity index (χ1v) is 6.27. The Labute approximate surface area is 97.3 Å². The van der Waals surface area contributed by atoms with Crippen molar-refractivity contribution in [3.05, 3.63) is 0 Å². The predicted molar refractivity (Wildman–Crippen MR) is 62.3 cm³/mol. The summed E-state index contributed by atoms with van der Waals surface area (Å²) in [6.45, 7) is 7.19. The summed E-state index contributed by atoms with van der Waals surface area (Å²) in [6.07, 6.45) is 3.76. The van der Waals surface area contributed by atoms with Crippen LogP contribution in [0.5, 0.6) is 0 Å². The zero-order valence-corrected chi connectivity index (χ0v) is 10.3. The van der Waals surface area contributed by atoms with Crippen LogP contribution in [0, 0.1) is 0 Å². The highest BCUT2D eigenvalue weighted by atomic mass is 16.5. The molecule has 1 aliphatic carbocycles. The van der Waals surface area contributed by atoms with Crippen LogP contribution in [0.15, 0.2) is 0 Å². The van der Waals surface area contributed by atoms with Crippen molar-refractivity contribution in [2.45, 2.75) is 44.8 Å². The van der Waals surface area contributed by atoms with Gasteiger partial charge in [0.1, 0.15) is 5.60 Å². The summed E-state index contributed by atoms with van der Waals surface area (Å²) >= 11 is 0. The number of carbonyl (C=O) groups excluding carboxylic acids is 1. The number of amides is 1. The van der Waals surface area contributed by atoms with E-state index in [1.165, 1.54) is 6.42 Å². The Morgan fingerprint density at radius 2 is 1.94 bits per heavy atom. The molecule has 1 saturated heterocycles. The molecule has 4 nitrogen and oxygen atoms in total. The van der Waals surface area contributed by atoms with Crippen molar-refractivity contribution in [1.82, 2.24) is 10.2 Å². The summed E-state index contributed by atoms with van der Waals surface area (Å²) in [4.78, 5) is 14.2. The van der Waals surface area contributed by atoms with Crippen molar-refractivity contribution in [2.75, 3.05) is 26.2 Å². The lowest BCUT2D eigenvalue weighted by Crippen LogP contribution is -2.54. The van der Waals surface area contributed by atoms with Crippen LogP contribution in [0.1, 0.15) is 33.1 Å². The normalized spacial score (nSPS) is 23.0. The van der Waals surface area contributed by atoms with Crippen LogP contribution >= 0.6 is 0 Å². The van der Waals surface area contributed by atoms with Gasteiger partial charge in [0.15, 0.2) is 0 Å². The van der Waals surface area contributed by atoms with E-state index in [1.54, 1.807) is 0 Å². The summed E-state index contributed by atoms with van der Waals surface area (Å²) in [5, 5.41) is 3.25. The molecule has 0 aromatic carbocycles. The van der Waals surface area contributed by atoms with Gasteiger partial charge in [-0.25, -0.2) is 0 Å². The number of carbonyl (C=O) groups is 1. The van der Waals surface area contributed by atoms with E-state index in [0.717, 1.165) is 39.0 Å². The minimum Gasteiger partial charge on any atom is -0.363 e. The highest BCUT2D eigenvalue weighted by molar-refractivity contribution is 5.84. The predicted octanol–water partition coefficient (Wildman–Crippen LogP) is 0.766. The Morgan fingerprint density at radius 3 is 2.44 bits per heavy atom. The third-order valence-corrected chi connectivity index (χ3v) is 3.43. The maximum absolute atomic E-state index is 12.3. The Kier molecular flexibility index (Phi) is 3.50. The average molecular weight is 226 g/mol. The lowest BCUT2D eigenvalue weighted by atomic mass is 9.94. The standard InChI is InChI=1S/C12H22N2O2/c1-12(2,16-10-4-3-5-10)11(15)14-8-6-13-7-9-14/h10,13H,3-9H2,1-2H3. The number of hydrogen-bond donors (Lipinski definition) is 1. The van der Waals surface area contributed by atoms with Gasteiger partial charge in [-0.05, 0) is 33.1 Å². The second-order valence-corrected chi connectivity index (χ2v) is 5.22. The van der Waals surface area contributed by atoms with Gasteiger partial charge in [-0.1, -0.05) is 0 Å². The van der Waals surface area contributed by atoms with Gasteiger partial charge in [0.05, 0.1) is 6.10 Å². The Bertz CT molecular complexity index is 256. The van der Waals surface area contributed by atoms with E-state index in [4.69, 9.17) is 4.74 Å². The number of piperazine rings is 1. The Balaban J connectivity index is 1.89. The van der Waals surface area contributed by atoms with E-state index in [1.807, 2.05) is 18.7 Å². The van der Waals surface area contributed by atoms with Gasteiger partial charge >= 0.3 is 0 Å². The van der Waals surface area contributed by atoms with Crippen molar-refractivity contribution in [3.8, 4) is 0 Å². The minimum atomic E-state index is -0.650. The largest absolute Gasteiger partial charge is 0.363 e. The maximum Gasteiger partial charge on any atom is 0.254 e. The molecule has 16 heavy (non-hydrogen) atoms. The SMILES string of the molecule is CC(C)(OC1CCC1)C(=O)N1CCNCC1. The van der Waals surface area contributed by atoms with E-state index in [9.17, 15) is 4.79 Å². The lowest BCUT2D eigenvalue weighted by Gasteiger charge is -2.38. The number of rotatable bonds is 3. The van der Waals surface area contributed by atoms with Crippen LogP contribution < -0.4 is 5.32 Å². The topological polar surface area (TPSA) is 41.6 Å². The number of ether oxygens (including phenoxy) is 1. The fourth-order valence-electron chi connectivity index (χ4n) is 2.20. The molecular formula is C12H22N2O2. The Hall–Kier alpha value is -0.610. The molecule has 0 spiro atoms. The molecule has 0 unspecified atom stereocenters. The second-order valence-electron chi connectivity index (χ2n) is 5.22. The van der Waals surface area contributed by atoms with Gasteiger partial charge in [0.2, 0.25) is 0 Å². The first-order valence-electron chi connectivity index (χ1n) is 6.27. The van der Waals surface area contributed by atoms with Crippen LogP contribution in [0.25, 0.3) is 0 Å². The van der Waals surface area contributed by atoms with E-state index >= 15 is 0 Å². The Morgan fingerprint density at radius 1 is 1.31 bits per heavy atom. The molecular weight excluding hydrogens is 204 g/mol. The molecule has 0 aromatic rings. The number of nitrogens with one attached hydrogen (secondary N) is 1. The van der Waals surface area contributed by atoms with Gasteiger partial charge < -0.3 is 15.0 Å². The van der Waals surface area contributed by atoms with Crippen LogP contribution in [0.3, 0.4) is 0 Å². The molecule has 2 rings (SSSR count). The molecule has 0 bridgehead atoms. The highest BCUT2D eigenvalue weighted by Crippen LogP contribution is 2.28. The molecule has 1 amide bonds.